The summed E-state index contributed by atoms with van der Waals surface area (Å²) in [6.07, 6.45) is 3.16. The van der Waals surface area contributed by atoms with Crippen molar-refractivity contribution in [1.29, 1.82) is 0 Å². The molecule has 142 valence electrons. The van der Waals surface area contributed by atoms with Crippen LogP contribution < -0.4 is 0 Å². The molecule has 0 bridgehead atoms. The maximum atomic E-state index is 13.8. The predicted molar refractivity (Wildman–Crippen MR) is 110 cm³/mol. The lowest BCUT2D eigenvalue weighted by Crippen LogP contribution is -2.12. The number of hydrogen-bond donors (Lipinski definition) is 0. The van der Waals surface area contributed by atoms with E-state index >= 15 is 0 Å². The Morgan fingerprint density at radius 2 is 1.64 bits per heavy atom. The standard InChI is InChI=1S/C23H20FNO2S/c1-2-7-19-16-25(23-13-12-20(24)15-22(19)23)28(26,27)21-11-6-10-18(14-21)17-8-4-3-5-9-17/h3-6,8-16H,2,7H2,1H3. The molecule has 0 N–H and O–H groups in total. The molecule has 0 aliphatic rings. The monoisotopic (exact) mass is 393 g/mol. The van der Waals surface area contributed by atoms with Crippen molar-refractivity contribution in [3.05, 3.63) is 90.4 Å². The summed E-state index contributed by atoms with van der Waals surface area (Å²) in [4.78, 5) is 0.207. The summed E-state index contributed by atoms with van der Waals surface area (Å²) in [5, 5.41) is 0.643. The van der Waals surface area contributed by atoms with Crippen molar-refractivity contribution in [2.24, 2.45) is 0 Å². The summed E-state index contributed by atoms with van der Waals surface area (Å²) >= 11 is 0. The van der Waals surface area contributed by atoms with E-state index in [0.29, 0.717) is 17.3 Å². The molecular formula is C23H20FNO2S. The Labute approximate surface area is 164 Å². The Kier molecular flexibility index (Phi) is 4.77. The lowest BCUT2D eigenvalue weighted by molar-refractivity contribution is 0.589. The zero-order valence-corrected chi connectivity index (χ0v) is 16.3. The number of nitrogens with zero attached hydrogens (tertiary/aromatic N) is 1. The van der Waals surface area contributed by atoms with E-state index in [2.05, 4.69) is 0 Å². The highest BCUT2D eigenvalue weighted by atomic mass is 32.2. The normalized spacial score (nSPS) is 11.8. The molecule has 0 saturated heterocycles. The van der Waals surface area contributed by atoms with Crippen LogP contribution in [0, 0.1) is 5.82 Å². The van der Waals surface area contributed by atoms with Gasteiger partial charge in [0, 0.05) is 11.6 Å². The van der Waals surface area contributed by atoms with E-state index in [0.717, 1.165) is 23.1 Å². The SMILES string of the molecule is CCCc1cn(S(=O)(=O)c2cccc(-c3ccccc3)c2)c2ccc(F)cc12. The molecule has 3 nitrogen and oxygen atoms in total. The van der Waals surface area contributed by atoms with Gasteiger partial charge < -0.3 is 0 Å². The van der Waals surface area contributed by atoms with Crippen LogP contribution in [0.2, 0.25) is 0 Å². The molecule has 28 heavy (non-hydrogen) atoms. The number of halogens is 1. The molecule has 1 heterocycles. The first kappa shape index (κ1) is 18.4. The maximum Gasteiger partial charge on any atom is 0.268 e. The van der Waals surface area contributed by atoms with Crippen molar-refractivity contribution >= 4 is 20.9 Å². The molecule has 0 saturated carbocycles. The molecule has 0 amide bonds. The second kappa shape index (κ2) is 7.24. The summed E-state index contributed by atoms with van der Waals surface area (Å²) < 4.78 is 41.8. The fourth-order valence-electron chi connectivity index (χ4n) is 3.49. The lowest BCUT2D eigenvalue weighted by Gasteiger charge is -2.09. The van der Waals surface area contributed by atoms with E-state index in [1.807, 2.05) is 43.3 Å². The highest BCUT2D eigenvalue weighted by Gasteiger charge is 2.22. The van der Waals surface area contributed by atoms with Gasteiger partial charge in [-0.25, -0.2) is 16.8 Å². The van der Waals surface area contributed by atoms with Crippen LogP contribution >= 0.6 is 0 Å². The average molecular weight is 393 g/mol. The van der Waals surface area contributed by atoms with Gasteiger partial charge in [-0.05, 0) is 53.4 Å². The van der Waals surface area contributed by atoms with Crippen molar-refractivity contribution in [3.8, 4) is 11.1 Å². The highest BCUT2D eigenvalue weighted by molar-refractivity contribution is 7.90. The van der Waals surface area contributed by atoms with Crippen LogP contribution in [0.4, 0.5) is 4.39 Å². The highest BCUT2D eigenvalue weighted by Crippen LogP contribution is 2.29. The average Bonchev–Trinajstić information content (AvgIpc) is 3.07. The van der Waals surface area contributed by atoms with Gasteiger partial charge in [0.1, 0.15) is 5.82 Å². The van der Waals surface area contributed by atoms with E-state index in [-0.39, 0.29) is 10.7 Å². The van der Waals surface area contributed by atoms with E-state index < -0.39 is 10.0 Å². The minimum Gasteiger partial charge on any atom is -0.241 e. The summed E-state index contributed by atoms with van der Waals surface area (Å²) in [7, 11) is -3.81. The van der Waals surface area contributed by atoms with Crippen molar-refractivity contribution in [2.75, 3.05) is 0 Å². The van der Waals surface area contributed by atoms with E-state index in [1.165, 1.54) is 22.2 Å². The molecular weight excluding hydrogens is 373 g/mol. The molecule has 4 aromatic rings. The third kappa shape index (κ3) is 3.22. The Morgan fingerprint density at radius 1 is 0.893 bits per heavy atom. The van der Waals surface area contributed by atoms with Gasteiger partial charge in [0.2, 0.25) is 0 Å². The first-order chi connectivity index (χ1) is 13.5. The Morgan fingerprint density at radius 3 is 2.39 bits per heavy atom. The molecule has 3 aromatic carbocycles. The minimum absolute atomic E-state index is 0.207. The number of fused-ring (bicyclic) bond motifs is 1. The molecule has 0 spiro atoms. The number of benzene rings is 3. The molecule has 0 unspecified atom stereocenters. The Balaban J connectivity index is 1.88. The van der Waals surface area contributed by atoms with Crippen LogP contribution in [0.25, 0.3) is 22.0 Å². The summed E-state index contributed by atoms with van der Waals surface area (Å²) in [5.74, 6) is -0.369. The van der Waals surface area contributed by atoms with Crippen molar-refractivity contribution < 1.29 is 12.8 Å². The molecule has 0 aliphatic heterocycles. The van der Waals surface area contributed by atoms with E-state index in [1.54, 1.807) is 24.4 Å². The van der Waals surface area contributed by atoms with E-state index in [9.17, 15) is 12.8 Å². The predicted octanol–water partition coefficient (Wildman–Crippen LogP) is 5.64. The van der Waals surface area contributed by atoms with Crippen LogP contribution in [-0.4, -0.2) is 12.4 Å². The molecule has 0 aliphatic carbocycles. The van der Waals surface area contributed by atoms with Gasteiger partial charge in [0.05, 0.1) is 10.4 Å². The summed E-state index contributed by atoms with van der Waals surface area (Å²) in [5.41, 5.74) is 3.11. The third-order valence-electron chi connectivity index (χ3n) is 4.83. The zero-order chi connectivity index (χ0) is 19.7. The first-order valence-corrected chi connectivity index (χ1v) is 10.7. The summed E-state index contributed by atoms with van der Waals surface area (Å²) in [6, 6.07) is 20.8. The lowest BCUT2D eigenvalue weighted by atomic mass is 10.1. The van der Waals surface area contributed by atoms with Crippen LogP contribution in [0.15, 0.2) is 83.9 Å². The minimum atomic E-state index is -3.81. The molecule has 5 heteroatoms. The van der Waals surface area contributed by atoms with Crippen LogP contribution in [0.3, 0.4) is 0 Å². The number of hydrogen-bond acceptors (Lipinski definition) is 2. The quantitative estimate of drug-likeness (QED) is 0.440. The van der Waals surface area contributed by atoms with Gasteiger partial charge in [0.15, 0.2) is 0 Å². The van der Waals surface area contributed by atoms with Gasteiger partial charge in [-0.1, -0.05) is 55.8 Å². The maximum absolute atomic E-state index is 13.8. The number of rotatable bonds is 5. The topological polar surface area (TPSA) is 39.1 Å². The smallest absolute Gasteiger partial charge is 0.241 e. The zero-order valence-electron chi connectivity index (χ0n) is 15.5. The van der Waals surface area contributed by atoms with Crippen molar-refractivity contribution in [2.45, 2.75) is 24.7 Å². The second-order valence-electron chi connectivity index (χ2n) is 6.76. The molecule has 1 aromatic heterocycles. The third-order valence-corrected chi connectivity index (χ3v) is 6.50. The molecule has 0 fully saturated rings. The Hall–Kier alpha value is -2.92. The molecule has 0 radical (unpaired) electrons. The van der Waals surface area contributed by atoms with E-state index in [4.69, 9.17) is 0 Å². The van der Waals surface area contributed by atoms with Gasteiger partial charge in [0.25, 0.3) is 10.0 Å². The summed E-state index contributed by atoms with van der Waals surface area (Å²) in [6.45, 7) is 2.01. The Bertz CT molecular complexity index is 1240. The van der Waals surface area contributed by atoms with Crippen molar-refractivity contribution in [3.63, 3.8) is 0 Å². The van der Waals surface area contributed by atoms with Gasteiger partial charge in [-0.15, -0.1) is 0 Å². The second-order valence-corrected chi connectivity index (χ2v) is 8.58. The van der Waals surface area contributed by atoms with Crippen LogP contribution in [0.5, 0.6) is 0 Å². The number of aromatic nitrogens is 1. The van der Waals surface area contributed by atoms with Crippen molar-refractivity contribution in [1.82, 2.24) is 3.97 Å². The largest absolute Gasteiger partial charge is 0.268 e. The fraction of sp³-hybridized carbons (Fsp3) is 0.130. The van der Waals surface area contributed by atoms with Crippen LogP contribution in [-0.2, 0) is 16.4 Å². The van der Waals surface area contributed by atoms with Gasteiger partial charge in [-0.2, -0.15) is 0 Å². The molecule has 4 rings (SSSR count). The van der Waals surface area contributed by atoms with Gasteiger partial charge in [-0.3, -0.25) is 0 Å². The number of aryl methyl sites for hydroxylation is 1. The van der Waals surface area contributed by atoms with Crippen LogP contribution in [0.1, 0.15) is 18.9 Å². The fourth-order valence-corrected chi connectivity index (χ4v) is 4.92. The first-order valence-electron chi connectivity index (χ1n) is 9.21. The molecule has 0 atom stereocenters. The van der Waals surface area contributed by atoms with Gasteiger partial charge >= 0.3 is 0 Å².